The SMILES string of the molecule is O=[N+]([O-])c1cccc2c1-c1cccc3nc(-c4ccccc4)n(c13)-c1ccccc1-2. The summed E-state index contributed by atoms with van der Waals surface area (Å²) in [4.78, 5) is 16.6. The number of hydrogen-bond acceptors (Lipinski definition) is 3. The molecule has 6 rings (SSSR count). The fraction of sp³-hybridized carbons (Fsp3) is 0. The highest BCUT2D eigenvalue weighted by atomic mass is 16.6. The van der Waals surface area contributed by atoms with Crippen LogP contribution in [0.2, 0.25) is 0 Å². The first kappa shape index (κ1) is 16.7. The number of nitrogens with zero attached hydrogens (tertiary/aromatic N) is 3. The van der Waals surface area contributed by atoms with Crippen LogP contribution < -0.4 is 0 Å². The van der Waals surface area contributed by atoms with Gasteiger partial charge in [-0.15, -0.1) is 0 Å². The normalized spacial score (nSPS) is 11.6. The molecule has 0 saturated carbocycles. The molecule has 0 spiro atoms. The van der Waals surface area contributed by atoms with Gasteiger partial charge in [0.2, 0.25) is 0 Å². The lowest BCUT2D eigenvalue weighted by Crippen LogP contribution is -1.98. The topological polar surface area (TPSA) is 61.0 Å². The summed E-state index contributed by atoms with van der Waals surface area (Å²) in [6.07, 6.45) is 0. The Morgan fingerprint density at radius 1 is 0.733 bits per heavy atom. The second kappa shape index (κ2) is 6.12. The molecule has 0 fully saturated rings. The number of benzene rings is 4. The van der Waals surface area contributed by atoms with Crippen LogP contribution in [0.5, 0.6) is 0 Å². The van der Waals surface area contributed by atoms with Gasteiger partial charge in [0.15, 0.2) is 0 Å². The van der Waals surface area contributed by atoms with Crippen LogP contribution in [0.4, 0.5) is 5.69 Å². The highest BCUT2D eigenvalue weighted by Crippen LogP contribution is 2.48. The molecule has 0 aliphatic carbocycles. The van der Waals surface area contributed by atoms with E-state index >= 15 is 0 Å². The molecule has 5 aromatic rings. The lowest BCUT2D eigenvalue weighted by molar-refractivity contribution is -0.384. The summed E-state index contributed by atoms with van der Waals surface area (Å²) >= 11 is 0. The van der Waals surface area contributed by atoms with Crippen LogP contribution in [0.3, 0.4) is 0 Å². The highest BCUT2D eigenvalue weighted by Gasteiger charge is 2.29. The fourth-order valence-electron chi connectivity index (χ4n) is 4.44. The van der Waals surface area contributed by atoms with Gasteiger partial charge in [0.25, 0.3) is 5.69 Å². The van der Waals surface area contributed by atoms with Crippen LogP contribution in [0.15, 0.2) is 91.0 Å². The summed E-state index contributed by atoms with van der Waals surface area (Å²) in [6.45, 7) is 0. The minimum absolute atomic E-state index is 0.103. The Morgan fingerprint density at radius 3 is 2.27 bits per heavy atom. The van der Waals surface area contributed by atoms with Crippen molar-refractivity contribution in [2.75, 3.05) is 0 Å². The minimum Gasteiger partial charge on any atom is -0.291 e. The molecule has 142 valence electrons. The van der Waals surface area contributed by atoms with Crippen molar-refractivity contribution >= 4 is 16.7 Å². The van der Waals surface area contributed by atoms with Crippen molar-refractivity contribution in [3.8, 4) is 39.3 Å². The molecular formula is C25H15N3O2. The Kier molecular flexibility index (Phi) is 3.40. The van der Waals surface area contributed by atoms with Crippen molar-refractivity contribution < 1.29 is 4.92 Å². The summed E-state index contributed by atoms with van der Waals surface area (Å²) in [5.74, 6) is 0.820. The Hall–Kier alpha value is -4.25. The summed E-state index contributed by atoms with van der Waals surface area (Å²) < 4.78 is 2.14. The first-order valence-corrected chi connectivity index (χ1v) is 9.68. The Bertz CT molecular complexity index is 1470. The van der Waals surface area contributed by atoms with Gasteiger partial charge < -0.3 is 0 Å². The van der Waals surface area contributed by atoms with E-state index in [9.17, 15) is 10.1 Å². The molecule has 1 aliphatic heterocycles. The first-order valence-electron chi connectivity index (χ1n) is 9.68. The number of fused-ring (bicyclic) bond motifs is 5. The van der Waals surface area contributed by atoms with Crippen molar-refractivity contribution in [3.05, 3.63) is 101 Å². The molecule has 30 heavy (non-hydrogen) atoms. The van der Waals surface area contributed by atoms with Crippen molar-refractivity contribution in [1.82, 2.24) is 9.55 Å². The van der Waals surface area contributed by atoms with Crippen molar-refractivity contribution in [1.29, 1.82) is 0 Å². The molecule has 5 nitrogen and oxygen atoms in total. The third-order valence-electron chi connectivity index (χ3n) is 5.65. The highest BCUT2D eigenvalue weighted by molar-refractivity contribution is 6.06. The molecule has 0 amide bonds. The van der Waals surface area contributed by atoms with E-state index in [1.165, 1.54) is 0 Å². The Morgan fingerprint density at radius 2 is 1.43 bits per heavy atom. The van der Waals surface area contributed by atoms with Gasteiger partial charge in [0.1, 0.15) is 5.82 Å². The molecule has 0 atom stereocenters. The quantitative estimate of drug-likeness (QED) is 0.260. The number of imidazole rings is 1. The standard InChI is InChI=1S/C25H15N3O2/c29-28(30)22-15-7-11-18-17-10-4-5-14-21(17)27-24-19(23(18)22)12-6-13-20(24)26-25(27)16-8-2-1-3-9-16/h1-15H. The number of nitro benzene ring substituents is 1. The van der Waals surface area contributed by atoms with Gasteiger partial charge >= 0.3 is 0 Å². The summed E-state index contributed by atoms with van der Waals surface area (Å²) in [5, 5.41) is 11.9. The van der Waals surface area contributed by atoms with E-state index in [-0.39, 0.29) is 10.6 Å². The summed E-state index contributed by atoms with van der Waals surface area (Å²) in [5.41, 5.74) is 7.02. The van der Waals surface area contributed by atoms with Crippen LogP contribution >= 0.6 is 0 Å². The average molecular weight is 389 g/mol. The van der Waals surface area contributed by atoms with E-state index in [1.54, 1.807) is 12.1 Å². The molecule has 1 aliphatic rings. The van der Waals surface area contributed by atoms with E-state index in [4.69, 9.17) is 4.98 Å². The fourth-order valence-corrected chi connectivity index (χ4v) is 4.44. The third kappa shape index (κ3) is 2.20. The molecule has 5 heteroatoms. The lowest BCUT2D eigenvalue weighted by atomic mass is 9.93. The van der Waals surface area contributed by atoms with Crippen LogP contribution in [-0.2, 0) is 0 Å². The average Bonchev–Trinajstić information content (AvgIpc) is 3.13. The molecule has 4 aromatic carbocycles. The van der Waals surface area contributed by atoms with Crippen LogP contribution in [0.1, 0.15) is 0 Å². The monoisotopic (exact) mass is 389 g/mol. The zero-order valence-corrected chi connectivity index (χ0v) is 15.8. The molecule has 0 radical (unpaired) electrons. The maximum atomic E-state index is 11.9. The second-order valence-electron chi connectivity index (χ2n) is 7.28. The molecule has 0 N–H and O–H groups in total. The number of aromatic nitrogens is 2. The zero-order chi connectivity index (χ0) is 20.2. The third-order valence-corrected chi connectivity index (χ3v) is 5.65. The van der Waals surface area contributed by atoms with Gasteiger partial charge in [-0.05, 0) is 17.7 Å². The second-order valence-corrected chi connectivity index (χ2v) is 7.28. The summed E-state index contributed by atoms with van der Waals surface area (Å²) in [6, 6.07) is 29.2. The van der Waals surface area contributed by atoms with E-state index < -0.39 is 0 Å². The first-order chi connectivity index (χ1) is 14.7. The number of rotatable bonds is 2. The molecular weight excluding hydrogens is 374 g/mol. The van der Waals surface area contributed by atoms with E-state index in [2.05, 4.69) is 4.57 Å². The van der Waals surface area contributed by atoms with Crippen LogP contribution in [0, 0.1) is 10.1 Å². The summed E-state index contributed by atoms with van der Waals surface area (Å²) in [7, 11) is 0. The number of nitro groups is 1. The largest absolute Gasteiger partial charge is 0.291 e. The van der Waals surface area contributed by atoms with Crippen molar-refractivity contribution in [3.63, 3.8) is 0 Å². The van der Waals surface area contributed by atoms with Gasteiger partial charge in [-0.2, -0.15) is 0 Å². The van der Waals surface area contributed by atoms with E-state index in [0.717, 1.165) is 44.8 Å². The lowest BCUT2D eigenvalue weighted by Gasteiger charge is -2.13. The van der Waals surface area contributed by atoms with Crippen LogP contribution in [0.25, 0.3) is 50.4 Å². The van der Waals surface area contributed by atoms with E-state index in [1.807, 2.05) is 78.9 Å². The van der Waals surface area contributed by atoms with Gasteiger partial charge in [-0.25, -0.2) is 4.98 Å². The predicted molar refractivity (Wildman–Crippen MR) is 118 cm³/mol. The molecule has 1 aromatic heterocycles. The molecule has 0 unspecified atom stereocenters. The van der Waals surface area contributed by atoms with Crippen LogP contribution in [-0.4, -0.2) is 14.5 Å². The van der Waals surface area contributed by atoms with E-state index in [0.29, 0.717) is 5.56 Å². The Balaban J connectivity index is 1.86. The molecule has 0 bridgehead atoms. The maximum absolute atomic E-state index is 11.9. The molecule has 0 saturated heterocycles. The maximum Gasteiger partial charge on any atom is 0.277 e. The predicted octanol–water partition coefficient (Wildman–Crippen LogP) is 6.25. The number of para-hydroxylation sites is 2. The van der Waals surface area contributed by atoms with Gasteiger partial charge in [-0.3, -0.25) is 14.7 Å². The zero-order valence-electron chi connectivity index (χ0n) is 15.8. The Labute approximate surface area is 172 Å². The minimum atomic E-state index is -0.301. The van der Waals surface area contributed by atoms with Gasteiger partial charge in [0, 0.05) is 22.8 Å². The van der Waals surface area contributed by atoms with Crippen molar-refractivity contribution in [2.24, 2.45) is 0 Å². The smallest absolute Gasteiger partial charge is 0.277 e. The van der Waals surface area contributed by atoms with Crippen molar-refractivity contribution in [2.45, 2.75) is 0 Å². The van der Waals surface area contributed by atoms with Gasteiger partial charge in [-0.1, -0.05) is 72.8 Å². The number of hydrogen-bond donors (Lipinski definition) is 0. The molecule has 2 heterocycles. The van der Waals surface area contributed by atoms with Gasteiger partial charge in [0.05, 0.1) is 27.2 Å².